The summed E-state index contributed by atoms with van der Waals surface area (Å²) in [6, 6.07) is 4.89. The van der Waals surface area contributed by atoms with Crippen molar-refractivity contribution in [1.29, 1.82) is 0 Å². The number of aromatic hydroxyl groups is 2. The van der Waals surface area contributed by atoms with Crippen LogP contribution in [0.2, 0.25) is 0 Å². The quantitative estimate of drug-likeness (QED) is 0.733. The number of para-hydroxylation sites is 1. The van der Waals surface area contributed by atoms with Crippen LogP contribution in [0, 0.1) is 5.92 Å². The fourth-order valence-corrected chi connectivity index (χ4v) is 2.60. The maximum Gasteiger partial charge on any atom is 0.205 e. The second-order valence-corrected chi connectivity index (χ2v) is 5.80. The molecule has 3 N–H and O–H groups in total. The lowest BCUT2D eigenvalue weighted by Crippen LogP contribution is -1.99. The van der Waals surface area contributed by atoms with Crippen LogP contribution in [0.15, 0.2) is 18.2 Å². The lowest BCUT2D eigenvalue weighted by Gasteiger charge is -2.06. The van der Waals surface area contributed by atoms with Gasteiger partial charge in [-0.2, -0.15) is 0 Å². The first kappa shape index (κ1) is 13.6. The average molecular weight is 279 g/mol. The molecule has 6 heteroatoms. The van der Waals surface area contributed by atoms with Crippen molar-refractivity contribution < 1.29 is 10.2 Å². The molecule has 0 aliphatic rings. The van der Waals surface area contributed by atoms with Gasteiger partial charge in [0, 0.05) is 18.5 Å². The lowest BCUT2D eigenvalue weighted by atomic mass is 10.1. The normalized spacial score (nSPS) is 10.9. The van der Waals surface area contributed by atoms with Crippen molar-refractivity contribution in [2.45, 2.75) is 26.8 Å². The van der Waals surface area contributed by atoms with Gasteiger partial charge >= 0.3 is 0 Å². The summed E-state index contributed by atoms with van der Waals surface area (Å²) in [6.07, 6.45) is 0.913. The van der Waals surface area contributed by atoms with Crippen molar-refractivity contribution in [2.24, 2.45) is 5.92 Å². The Morgan fingerprint density at radius 3 is 2.79 bits per heavy atom. The van der Waals surface area contributed by atoms with E-state index in [4.69, 9.17) is 0 Å². The van der Waals surface area contributed by atoms with E-state index in [2.05, 4.69) is 29.4 Å². The third-order valence-electron chi connectivity index (χ3n) is 2.58. The van der Waals surface area contributed by atoms with Gasteiger partial charge in [-0.15, -0.1) is 10.2 Å². The van der Waals surface area contributed by atoms with Gasteiger partial charge < -0.3 is 15.5 Å². The van der Waals surface area contributed by atoms with Crippen LogP contribution >= 0.6 is 11.3 Å². The SMILES string of the molecule is CC(C)Cc1nnc(NCc2cccc(O)c2O)s1. The molecule has 102 valence electrons. The number of nitrogens with zero attached hydrogens (tertiary/aromatic N) is 2. The molecule has 2 rings (SSSR count). The monoisotopic (exact) mass is 279 g/mol. The van der Waals surface area contributed by atoms with Crippen LogP contribution in [-0.4, -0.2) is 20.4 Å². The Morgan fingerprint density at radius 1 is 1.26 bits per heavy atom. The number of anilines is 1. The minimum atomic E-state index is -0.114. The fraction of sp³-hybridized carbons (Fsp3) is 0.385. The summed E-state index contributed by atoms with van der Waals surface area (Å²) in [5.41, 5.74) is 0.626. The van der Waals surface area contributed by atoms with Crippen molar-refractivity contribution in [3.05, 3.63) is 28.8 Å². The molecule has 1 aromatic carbocycles. The Balaban J connectivity index is 1.98. The third-order valence-corrected chi connectivity index (χ3v) is 3.48. The highest BCUT2D eigenvalue weighted by molar-refractivity contribution is 7.15. The van der Waals surface area contributed by atoms with Crippen LogP contribution in [0.25, 0.3) is 0 Å². The number of benzene rings is 1. The van der Waals surface area contributed by atoms with Crippen molar-refractivity contribution in [2.75, 3.05) is 5.32 Å². The minimum Gasteiger partial charge on any atom is -0.504 e. The van der Waals surface area contributed by atoms with Crippen molar-refractivity contribution >= 4 is 16.5 Å². The van der Waals surface area contributed by atoms with Crippen molar-refractivity contribution in [3.8, 4) is 11.5 Å². The van der Waals surface area contributed by atoms with E-state index >= 15 is 0 Å². The predicted octanol–water partition coefficient (Wildman–Crippen LogP) is 2.76. The molecule has 0 atom stereocenters. The highest BCUT2D eigenvalue weighted by Crippen LogP contribution is 2.29. The van der Waals surface area contributed by atoms with Gasteiger partial charge in [0.25, 0.3) is 0 Å². The molecule has 1 aromatic heterocycles. The van der Waals surface area contributed by atoms with Crippen LogP contribution in [0.3, 0.4) is 0 Å². The molecule has 0 unspecified atom stereocenters. The van der Waals surface area contributed by atoms with Crippen molar-refractivity contribution in [3.63, 3.8) is 0 Å². The average Bonchev–Trinajstić information content (AvgIpc) is 2.78. The number of phenolic OH excluding ortho intramolecular Hbond substituents is 2. The maximum atomic E-state index is 9.68. The molecule has 1 heterocycles. The molecule has 0 amide bonds. The van der Waals surface area contributed by atoms with Crippen LogP contribution in [0.1, 0.15) is 24.4 Å². The largest absolute Gasteiger partial charge is 0.504 e. The van der Waals surface area contributed by atoms with Gasteiger partial charge in [-0.05, 0) is 12.0 Å². The summed E-state index contributed by atoms with van der Waals surface area (Å²) in [7, 11) is 0. The summed E-state index contributed by atoms with van der Waals surface area (Å²) in [5, 5.41) is 32.0. The Hall–Kier alpha value is -1.82. The number of nitrogens with one attached hydrogen (secondary N) is 1. The van der Waals surface area contributed by atoms with E-state index < -0.39 is 0 Å². The zero-order valence-corrected chi connectivity index (χ0v) is 11.7. The van der Waals surface area contributed by atoms with Gasteiger partial charge in [-0.25, -0.2) is 0 Å². The highest BCUT2D eigenvalue weighted by Gasteiger charge is 2.08. The Bertz CT molecular complexity index is 555. The lowest BCUT2D eigenvalue weighted by molar-refractivity contribution is 0.400. The molecule has 2 aromatic rings. The predicted molar refractivity (Wildman–Crippen MR) is 75.5 cm³/mol. The zero-order chi connectivity index (χ0) is 13.8. The van der Waals surface area contributed by atoms with E-state index in [1.807, 2.05) is 0 Å². The molecular weight excluding hydrogens is 262 g/mol. The minimum absolute atomic E-state index is 0.0954. The summed E-state index contributed by atoms with van der Waals surface area (Å²) in [6.45, 7) is 4.68. The molecule has 0 saturated carbocycles. The summed E-state index contributed by atoms with van der Waals surface area (Å²) in [4.78, 5) is 0. The second kappa shape index (κ2) is 5.88. The summed E-state index contributed by atoms with van der Waals surface area (Å²) >= 11 is 1.51. The molecule has 0 bridgehead atoms. The third kappa shape index (κ3) is 3.57. The summed E-state index contributed by atoms with van der Waals surface area (Å²) in [5.74, 6) is 0.342. The smallest absolute Gasteiger partial charge is 0.205 e. The van der Waals surface area contributed by atoms with Crippen LogP contribution < -0.4 is 5.32 Å². The Morgan fingerprint density at radius 2 is 2.05 bits per heavy atom. The molecule has 0 radical (unpaired) electrons. The molecule has 0 aliphatic heterocycles. The van der Waals surface area contributed by atoms with E-state index in [1.54, 1.807) is 12.1 Å². The second-order valence-electron chi connectivity index (χ2n) is 4.74. The number of hydrogen-bond donors (Lipinski definition) is 3. The number of hydrogen-bond acceptors (Lipinski definition) is 6. The van der Waals surface area contributed by atoms with E-state index in [1.165, 1.54) is 17.4 Å². The van der Waals surface area contributed by atoms with E-state index in [9.17, 15) is 10.2 Å². The van der Waals surface area contributed by atoms with Gasteiger partial charge in [-0.3, -0.25) is 0 Å². The zero-order valence-electron chi connectivity index (χ0n) is 10.9. The molecule has 19 heavy (non-hydrogen) atoms. The van der Waals surface area contributed by atoms with Gasteiger partial charge in [0.05, 0.1) is 0 Å². The molecule has 0 saturated heterocycles. The van der Waals surface area contributed by atoms with Gasteiger partial charge in [0.2, 0.25) is 5.13 Å². The number of phenols is 2. The first-order valence-electron chi connectivity index (χ1n) is 6.12. The highest BCUT2D eigenvalue weighted by atomic mass is 32.1. The first-order valence-corrected chi connectivity index (χ1v) is 6.94. The maximum absolute atomic E-state index is 9.68. The fourth-order valence-electron chi connectivity index (χ4n) is 1.65. The first-order chi connectivity index (χ1) is 9.06. The molecule has 0 spiro atoms. The van der Waals surface area contributed by atoms with Crippen LogP contribution in [-0.2, 0) is 13.0 Å². The van der Waals surface area contributed by atoms with Crippen LogP contribution in [0.5, 0.6) is 11.5 Å². The Labute approximate surface area is 115 Å². The van der Waals surface area contributed by atoms with E-state index in [-0.39, 0.29) is 11.5 Å². The Kier molecular flexibility index (Phi) is 4.21. The molecule has 0 fully saturated rings. The molecule has 0 aliphatic carbocycles. The van der Waals surface area contributed by atoms with Gasteiger partial charge in [0.15, 0.2) is 11.5 Å². The standard InChI is InChI=1S/C13H17N3O2S/c1-8(2)6-11-15-16-13(19-11)14-7-9-4-3-5-10(17)12(9)18/h3-5,8,17-18H,6-7H2,1-2H3,(H,14,16). The molecular formula is C13H17N3O2S. The number of rotatable bonds is 5. The number of aromatic nitrogens is 2. The van der Waals surface area contributed by atoms with Gasteiger partial charge in [0.1, 0.15) is 5.01 Å². The van der Waals surface area contributed by atoms with Gasteiger partial charge in [-0.1, -0.05) is 37.3 Å². The van der Waals surface area contributed by atoms with E-state index in [0.717, 1.165) is 16.6 Å². The van der Waals surface area contributed by atoms with Crippen molar-refractivity contribution in [1.82, 2.24) is 10.2 Å². The topological polar surface area (TPSA) is 78.3 Å². The van der Waals surface area contributed by atoms with Crippen LogP contribution in [0.4, 0.5) is 5.13 Å². The molecule has 5 nitrogen and oxygen atoms in total. The summed E-state index contributed by atoms with van der Waals surface area (Å²) < 4.78 is 0. The van der Waals surface area contributed by atoms with E-state index in [0.29, 0.717) is 18.0 Å².